The van der Waals surface area contributed by atoms with Crippen LogP contribution in [0.15, 0.2) is 85.1 Å². The van der Waals surface area contributed by atoms with Gasteiger partial charge in [-0.1, -0.05) is 71.4 Å². The molecule has 1 atom stereocenters. The fourth-order valence-corrected chi connectivity index (χ4v) is 3.42. The Hall–Kier alpha value is -3.15. The van der Waals surface area contributed by atoms with Crippen molar-refractivity contribution in [2.75, 3.05) is 7.11 Å². The fourth-order valence-electron chi connectivity index (χ4n) is 3.29. The lowest BCUT2D eigenvalue weighted by Gasteiger charge is -2.27. The summed E-state index contributed by atoms with van der Waals surface area (Å²) in [5.74, 6) is 0.800. The standard InChI is InChI=1S/C23H20ClN3O2/c1-29-21-13-7-17(8-14-21)15-27-16-22(25-26-27)23(28,18-5-3-2-4-6-18)19-9-11-20(24)12-10-19/h2-14,16,28H,15H2,1H3. The summed E-state index contributed by atoms with van der Waals surface area (Å²) in [7, 11) is 1.64. The van der Waals surface area contributed by atoms with Gasteiger partial charge in [-0.15, -0.1) is 5.10 Å². The first-order valence-electron chi connectivity index (χ1n) is 9.17. The highest BCUT2D eigenvalue weighted by Gasteiger charge is 2.36. The molecule has 0 aliphatic carbocycles. The van der Waals surface area contributed by atoms with Crippen molar-refractivity contribution in [3.63, 3.8) is 0 Å². The molecule has 1 aromatic heterocycles. The molecule has 1 N–H and O–H groups in total. The Bertz CT molecular complexity index is 1080. The van der Waals surface area contributed by atoms with Gasteiger partial charge in [0.1, 0.15) is 11.4 Å². The Morgan fingerprint density at radius 1 is 0.931 bits per heavy atom. The zero-order valence-electron chi connectivity index (χ0n) is 15.9. The maximum atomic E-state index is 11.8. The Morgan fingerprint density at radius 2 is 1.59 bits per heavy atom. The average Bonchev–Trinajstić information content (AvgIpc) is 3.24. The molecule has 4 aromatic rings. The lowest BCUT2D eigenvalue weighted by atomic mass is 9.84. The van der Waals surface area contributed by atoms with Gasteiger partial charge >= 0.3 is 0 Å². The molecule has 1 unspecified atom stereocenters. The monoisotopic (exact) mass is 405 g/mol. The van der Waals surface area contributed by atoms with Gasteiger partial charge in [-0.2, -0.15) is 0 Å². The van der Waals surface area contributed by atoms with Gasteiger partial charge in [-0.3, -0.25) is 0 Å². The maximum Gasteiger partial charge on any atom is 0.160 e. The van der Waals surface area contributed by atoms with Crippen LogP contribution in [0.4, 0.5) is 0 Å². The molecule has 6 heteroatoms. The molecule has 0 saturated carbocycles. The van der Waals surface area contributed by atoms with Crippen molar-refractivity contribution in [2.24, 2.45) is 0 Å². The maximum absolute atomic E-state index is 11.8. The van der Waals surface area contributed by atoms with Crippen molar-refractivity contribution in [1.82, 2.24) is 15.0 Å². The van der Waals surface area contributed by atoms with Crippen LogP contribution in [0, 0.1) is 0 Å². The summed E-state index contributed by atoms with van der Waals surface area (Å²) in [5, 5.41) is 20.9. The van der Waals surface area contributed by atoms with E-state index < -0.39 is 5.60 Å². The van der Waals surface area contributed by atoms with Crippen molar-refractivity contribution < 1.29 is 9.84 Å². The number of ether oxygens (including phenoxy) is 1. The quantitative estimate of drug-likeness (QED) is 0.520. The van der Waals surface area contributed by atoms with E-state index >= 15 is 0 Å². The van der Waals surface area contributed by atoms with Gasteiger partial charge in [0.15, 0.2) is 5.60 Å². The Labute approximate surface area is 174 Å². The molecule has 0 spiro atoms. The number of hydrogen-bond donors (Lipinski definition) is 1. The Kier molecular flexibility index (Phi) is 5.34. The predicted molar refractivity (Wildman–Crippen MR) is 112 cm³/mol. The predicted octanol–water partition coefficient (Wildman–Crippen LogP) is 4.27. The van der Waals surface area contributed by atoms with E-state index in [9.17, 15) is 5.11 Å². The number of benzene rings is 3. The second-order valence-electron chi connectivity index (χ2n) is 6.73. The highest BCUT2D eigenvalue weighted by atomic mass is 35.5. The second kappa shape index (κ2) is 8.07. The van der Waals surface area contributed by atoms with Gasteiger partial charge < -0.3 is 9.84 Å². The van der Waals surface area contributed by atoms with Gasteiger partial charge in [0.25, 0.3) is 0 Å². The van der Waals surface area contributed by atoms with Crippen LogP contribution >= 0.6 is 11.6 Å². The number of aliphatic hydroxyl groups is 1. The highest BCUT2D eigenvalue weighted by molar-refractivity contribution is 6.30. The summed E-state index contributed by atoms with van der Waals surface area (Å²) in [5.41, 5.74) is 1.43. The molecular weight excluding hydrogens is 386 g/mol. The summed E-state index contributed by atoms with van der Waals surface area (Å²) in [6, 6.07) is 24.3. The van der Waals surface area contributed by atoms with E-state index in [1.165, 1.54) is 0 Å². The summed E-state index contributed by atoms with van der Waals surface area (Å²) in [4.78, 5) is 0. The van der Waals surface area contributed by atoms with E-state index in [2.05, 4.69) is 10.3 Å². The van der Waals surface area contributed by atoms with E-state index in [0.29, 0.717) is 28.4 Å². The van der Waals surface area contributed by atoms with Crippen LogP contribution in [0.5, 0.6) is 5.75 Å². The molecule has 0 aliphatic rings. The molecular formula is C23H20ClN3O2. The number of rotatable bonds is 6. The van der Waals surface area contributed by atoms with Crippen LogP contribution in [-0.2, 0) is 12.1 Å². The van der Waals surface area contributed by atoms with Crippen LogP contribution in [0.2, 0.25) is 5.02 Å². The van der Waals surface area contributed by atoms with E-state index in [0.717, 1.165) is 11.3 Å². The van der Waals surface area contributed by atoms with Crippen LogP contribution in [-0.4, -0.2) is 27.2 Å². The molecule has 0 saturated heterocycles. The average molecular weight is 406 g/mol. The van der Waals surface area contributed by atoms with Gasteiger partial charge in [-0.05, 0) is 41.0 Å². The van der Waals surface area contributed by atoms with Crippen molar-refractivity contribution in [1.29, 1.82) is 0 Å². The minimum Gasteiger partial charge on any atom is -0.497 e. The van der Waals surface area contributed by atoms with Gasteiger partial charge in [0.05, 0.1) is 19.9 Å². The number of aromatic nitrogens is 3. The number of nitrogens with zero attached hydrogens (tertiary/aromatic N) is 3. The van der Waals surface area contributed by atoms with Crippen molar-refractivity contribution >= 4 is 11.6 Å². The summed E-state index contributed by atoms with van der Waals surface area (Å²) >= 11 is 6.05. The molecule has 0 fully saturated rings. The Balaban J connectivity index is 1.71. The summed E-state index contributed by atoms with van der Waals surface area (Å²) in [6.07, 6.45) is 1.77. The van der Waals surface area contributed by atoms with Gasteiger partial charge in [0.2, 0.25) is 0 Å². The van der Waals surface area contributed by atoms with E-state index in [1.807, 2.05) is 54.6 Å². The topological polar surface area (TPSA) is 60.2 Å². The third kappa shape index (κ3) is 3.88. The molecule has 3 aromatic carbocycles. The summed E-state index contributed by atoms with van der Waals surface area (Å²) < 4.78 is 6.91. The number of hydrogen-bond acceptors (Lipinski definition) is 4. The van der Waals surface area contributed by atoms with E-state index in [4.69, 9.17) is 16.3 Å². The largest absolute Gasteiger partial charge is 0.497 e. The zero-order chi connectivity index (χ0) is 20.3. The van der Waals surface area contributed by atoms with E-state index in [1.54, 1.807) is 42.3 Å². The van der Waals surface area contributed by atoms with Crippen LogP contribution in [0.25, 0.3) is 0 Å². The third-order valence-corrected chi connectivity index (χ3v) is 5.12. The van der Waals surface area contributed by atoms with E-state index in [-0.39, 0.29) is 0 Å². The van der Waals surface area contributed by atoms with Crippen LogP contribution in [0.3, 0.4) is 0 Å². The van der Waals surface area contributed by atoms with Crippen LogP contribution < -0.4 is 4.74 Å². The molecule has 146 valence electrons. The first-order valence-corrected chi connectivity index (χ1v) is 9.55. The second-order valence-corrected chi connectivity index (χ2v) is 7.17. The molecule has 4 rings (SSSR count). The Morgan fingerprint density at radius 3 is 2.24 bits per heavy atom. The van der Waals surface area contributed by atoms with Crippen molar-refractivity contribution in [2.45, 2.75) is 12.1 Å². The van der Waals surface area contributed by atoms with Gasteiger partial charge in [0, 0.05) is 5.02 Å². The lowest BCUT2D eigenvalue weighted by Crippen LogP contribution is -2.29. The normalized spacial score (nSPS) is 13.1. The number of halogens is 1. The third-order valence-electron chi connectivity index (χ3n) is 4.87. The highest BCUT2D eigenvalue weighted by Crippen LogP contribution is 2.35. The van der Waals surface area contributed by atoms with Crippen molar-refractivity contribution in [3.05, 3.63) is 112 Å². The smallest absolute Gasteiger partial charge is 0.160 e. The molecule has 0 radical (unpaired) electrons. The molecule has 0 bridgehead atoms. The first kappa shape index (κ1) is 19.2. The molecule has 5 nitrogen and oxygen atoms in total. The molecule has 0 amide bonds. The molecule has 29 heavy (non-hydrogen) atoms. The number of methoxy groups -OCH3 is 1. The van der Waals surface area contributed by atoms with Gasteiger partial charge in [-0.25, -0.2) is 4.68 Å². The minimum absolute atomic E-state index is 0.444. The van der Waals surface area contributed by atoms with Crippen molar-refractivity contribution in [3.8, 4) is 5.75 Å². The summed E-state index contributed by atoms with van der Waals surface area (Å²) in [6.45, 7) is 0.530. The first-order chi connectivity index (χ1) is 14.1. The fraction of sp³-hybridized carbons (Fsp3) is 0.130. The van der Waals surface area contributed by atoms with Crippen LogP contribution in [0.1, 0.15) is 22.4 Å². The SMILES string of the molecule is COc1ccc(Cn2cc(C(O)(c3ccccc3)c3ccc(Cl)cc3)nn2)cc1. The molecule has 0 aliphatic heterocycles. The zero-order valence-corrected chi connectivity index (χ0v) is 16.6. The lowest BCUT2D eigenvalue weighted by molar-refractivity contribution is 0.120. The minimum atomic E-state index is -1.44. The molecule has 1 heterocycles.